The minimum Gasteiger partial charge on any atom is -0.361 e. The average Bonchev–Trinajstić information content (AvgIpc) is 2.66. The Bertz CT molecular complexity index is 407. The van der Waals surface area contributed by atoms with Gasteiger partial charge in [-0.25, -0.2) is 0 Å². The topological polar surface area (TPSA) is 72.4 Å². The summed E-state index contributed by atoms with van der Waals surface area (Å²) >= 11 is 0. The van der Waals surface area contributed by atoms with E-state index in [1.54, 1.807) is 4.90 Å². The first kappa shape index (κ1) is 15.7. The Morgan fingerprint density at radius 3 is 2.53 bits per heavy atom. The number of likely N-dealkylation sites (N-methyl/N-ethyl adjacent to an activating group) is 1. The van der Waals surface area contributed by atoms with E-state index in [0.717, 1.165) is 23.4 Å². The van der Waals surface area contributed by atoms with E-state index in [2.05, 4.69) is 19.0 Å². The molecule has 0 bridgehead atoms. The minimum absolute atomic E-state index is 0.0744. The molecule has 1 aromatic heterocycles. The maximum Gasteiger partial charge on any atom is 0.226 e. The number of hydrogen-bond donors (Lipinski definition) is 1. The fraction of sp³-hybridized carbons (Fsp3) is 0.714. The van der Waals surface area contributed by atoms with Gasteiger partial charge in [-0.2, -0.15) is 0 Å². The number of nitrogens with zero attached hydrogens (tertiary/aromatic N) is 2. The van der Waals surface area contributed by atoms with Crippen molar-refractivity contribution < 1.29 is 9.32 Å². The molecule has 1 amide bonds. The van der Waals surface area contributed by atoms with Crippen molar-refractivity contribution in [3.8, 4) is 0 Å². The number of nitrogens with two attached hydrogens (primary N) is 1. The monoisotopic (exact) mass is 267 g/mol. The molecular weight excluding hydrogens is 242 g/mol. The number of hydrogen-bond acceptors (Lipinski definition) is 4. The van der Waals surface area contributed by atoms with Gasteiger partial charge in [-0.15, -0.1) is 0 Å². The predicted octanol–water partition coefficient (Wildman–Crippen LogP) is 1.67. The number of aromatic nitrogens is 1. The zero-order valence-corrected chi connectivity index (χ0v) is 12.6. The summed E-state index contributed by atoms with van der Waals surface area (Å²) in [5.41, 5.74) is 7.67. The summed E-state index contributed by atoms with van der Waals surface area (Å²) in [6.07, 6.45) is 1.16. The highest BCUT2D eigenvalue weighted by atomic mass is 16.5. The van der Waals surface area contributed by atoms with E-state index in [-0.39, 0.29) is 11.9 Å². The molecule has 0 aromatic carbocycles. The fourth-order valence-corrected chi connectivity index (χ4v) is 1.84. The first-order chi connectivity index (χ1) is 8.82. The Morgan fingerprint density at radius 1 is 1.42 bits per heavy atom. The lowest BCUT2D eigenvalue weighted by Crippen LogP contribution is -2.35. The summed E-state index contributed by atoms with van der Waals surface area (Å²) in [7, 11) is 1.81. The van der Waals surface area contributed by atoms with E-state index in [0.29, 0.717) is 18.9 Å². The quantitative estimate of drug-likeness (QED) is 0.851. The van der Waals surface area contributed by atoms with Crippen LogP contribution in [0.4, 0.5) is 0 Å². The number of carbonyl (C=O) groups excluding carboxylic acids is 1. The van der Waals surface area contributed by atoms with Gasteiger partial charge in [0.05, 0.1) is 12.1 Å². The van der Waals surface area contributed by atoms with Gasteiger partial charge in [0.2, 0.25) is 5.91 Å². The highest BCUT2D eigenvalue weighted by Gasteiger charge is 2.17. The Balaban J connectivity index is 2.50. The molecule has 2 N–H and O–H groups in total. The lowest BCUT2D eigenvalue weighted by molar-refractivity contribution is -0.129. The second-order valence-electron chi connectivity index (χ2n) is 5.49. The maximum atomic E-state index is 12.1. The smallest absolute Gasteiger partial charge is 0.226 e. The molecule has 5 nitrogen and oxygen atoms in total. The number of aryl methyl sites for hydroxylation is 2. The van der Waals surface area contributed by atoms with Crippen LogP contribution in [-0.4, -0.2) is 35.6 Å². The molecule has 108 valence electrons. The van der Waals surface area contributed by atoms with E-state index < -0.39 is 0 Å². The molecule has 1 atom stereocenters. The van der Waals surface area contributed by atoms with Gasteiger partial charge in [0.15, 0.2) is 0 Å². The molecule has 5 heteroatoms. The van der Waals surface area contributed by atoms with Crippen LogP contribution in [0.25, 0.3) is 0 Å². The summed E-state index contributed by atoms with van der Waals surface area (Å²) in [5, 5.41) is 3.86. The van der Waals surface area contributed by atoms with Crippen molar-refractivity contribution in [3.05, 3.63) is 17.0 Å². The first-order valence-corrected chi connectivity index (χ1v) is 6.74. The molecule has 0 saturated heterocycles. The lowest BCUT2D eigenvalue weighted by Gasteiger charge is -2.21. The van der Waals surface area contributed by atoms with E-state index in [1.807, 2.05) is 20.9 Å². The third kappa shape index (κ3) is 4.35. The van der Waals surface area contributed by atoms with E-state index >= 15 is 0 Å². The molecule has 0 aliphatic carbocycles. The van der Waals surface area contributed by atoms with Gasteiger partial charge in [0.1, 0.15) is 5.76 Å². The van der Waals surface area contributed by atoms with Crippen LogP contribution in [0.15, 0.2) is 4.52 Å². The SMILES string of the molecule is Cc1noc(C)c1CC(=O)N(C)CCC(N)C(C)C. The Hall–Kier alpha value is -1.36. The third-order valence-electron chi connectivity index (χ3n) is 3.59. The van der Waals surface area contributed by atoms with Gasteiger partial charge >= 0.3 is 0 Å². The molecule has 0 fully saturated rings. The summed E-state index contributed by atoms with van der Waals surface area (Å²) < 4.78 is 5.06. The van der Waals surface area contributed by atoms with Crippen LogP contribution in [-0.2, 0) is 11.2 Å². The molecule has 1 aromatic rings. The molecule has 19 heavy (non-hydrogen) atoms. The lowest BCUT2D eigenvalue weighted by atomic mass is 10.0. The molecular formula is C14H25N3O2. The Morgan fingerprint density at radius 2 is 2.05 bits per heavy atom. The van der Waals surface area contributed by atoms with Crippen molar-refractivity contribution in [1.82, 2.24) is 10.1 Å². The summed E-state index contributed by atoms with van der Waals surface area (Å²) in [4.78, 5) is 13.8. The second kappa shape index (κ2) is 6.70. The highest BCUT2D eigenvalue weighted by Crippen LogP contribution is 2.14. The number of amides is 1. The van der Waals surface area contributed by atoms with Crippen molar-refractivity contribution in [2.24, 2.45) is 11.7 Å². The summed E-state index contributed by atoms with van der Waals surface area (Å²) in [6, 6.07) is 0.134. The summed E-state index contributed by atoms with van der Waals surface area (Å²) in [6.45, 7) is 8.55. The van der Waals surface area contributed by atoms with Crippen LogP contribution in [0.5, 0.6) is 0 Å². The van der Waals surface area contributed by atoms with Gasteiger partial charge in [-0.05, 0) is 26.2 Å². The van der Waals surface area contributed by atoms with Crippen molar-refractivity contribution >= 4 is 5.91 Å². The van der Waals surface area contributed by atoms with Crippen LogP contribution in [0.2, 0.25) is 0 Å². The van der Waals surface area contributed by atoms with Crippen LogP contribution < -0.4 is 5.73 Å². The molecule has 1 rings (SSSR count). The zero-order chi connectivity index (χ0) is 14.6. The predicted molar refractivity (Wildman–Crippen MR) is 74.7 cm³/mol. The van der Waals surface area contributed by atoms with Crippen LogP contribution in [0, 0.1) is 19.8 Å². The molecule has 0 aliphatic heterocycles. The van der Waals surface area contributed by atoms with E-state index in [4.69, 9.17) is 10.3 Å². The van der Waals surface area contributed by atoms with Crippen LogP contribution in [0.1, 0.15) is 37.3 Å². The van der Waals surface area contributed by atoms with Crippen LogP contribution in [0.3, 0.4) is 0 Å². The van der Waals surface area contributed by atoms with Gasteiger partial charge in [-0.1, -0.05) is 19.0 Å². The highest BCUT2D eigenvalue weighted by molar-refractivity contribution is 5.78. The van der Waals surface area contributed by atoms with Crippen molar-refractivity contribution in [2.75, 3.05) is 13.6 Å². The van der Waals surface area contributed by atoms with E-state index in [9.17, 15) is 4.79 Å². The Labute approximate surface area is 115 Å². The first-order valence-electron chi connectivity index (χ1n) is 6.74. The van der Waals surface area contributed by atoms with Gasteiger partial charge in [0.25, 0.3) is 0 Å². The molecule has 0 saturated carbocycles. The minimum atomic E-state index is 0.0744. The maximum absolute atomic E-state index is 12.1. The Kier molecular flexibility index (Phi) is 5.54. The van der Waals surface area contributed by atoms with Gasteiger partial charge < -0.3 is 15.2 Å². The fourth-order valence-electron chi connectivity index (χ4n) is 1.84. The van der Waals surface area contributed by atoms with Gasteiger partial charge in [-0.3, -0.25) is 4.79 Å². The average molecular weight is 267 g/mol. The van der Waals surface area contributed by atoms with Crippen molar-refractivity contribution in [2.45, 2.75) is 46.6 Å². The van der Waals surface area contributed by atoms with Crippen LogP contribution >= 0.6 is 0 Å². The zero-order valence-electron chi connectivity index (χ0n) is 12.6. The third-order valence-corrected chi connectivity index (χ3v) is 3.59. The largest absolute Gasteiger partial charge is 0.361 e. The van der Waals surface area contributed by atoms with Gasteiger partial charge in [0, 0.05) is 25.2 Å². The van der Waals surface area contributed by atoms with Crippen molar-refractivity contribution in [3.63, 3.8) is 0 Å². The van der Waals surface area contributed by atoms with Crippen molar-refractivity contribution in [1.29, 1.82) is 0 Å². The molecule has 0 aliphatic rings. The standard InChI is InChI=1S/C14H25N3O2/c1-9(2)13(15)6-7-17(5)14(18)8-12-10(3)16-19-11(12)4/h9,13H,6-8,15H2,1-5H3. The number of carbonyl (C=O) groups is 1. The summed E-state index contributed by atoms with van der Waals surface area (Å²) in [5.74, 6) is 1.23. The molecule has 0 radical (unpaired) electrons. The molecule has 1 heterocycles. The number of rotatable bonds is 6. The van der Waals surface area contributed by atoms with E-state index in [1.165, 1.54) is 0 Å². The molecule has 1 unspecified atom stereocenters. The normalized spacial score (nSPS) is 12.8. The second-order valence-corrected chi connectivity index (χ2v) is 5.49. The molecule has 0 spiro atoms.